The first kappa shape index (κ1) is 19.3. The Morgan fingerprint density at radius 3 is 2.36 bits per heavy atom. The van der Waals surface area contributed by atoms with Gasteiger partial charge >= 0.3 is 5.97 Å². The lowest BCUT2D eigenvalue weighted by Crippen LogP contribution is -2.30. The molecule has 1 amide bonds. The second-order valence-corrected chi connectivity index (χ2v) is 6.31. The van der Waals surface area contributed by atoms with Crippen molar-refractivity contribution in [1.29, 1.82) is 0 Å². The van der Waals surface area contributed by atoms with Gasteiger partial charge in [0.1, 0.15) is 0 Å². The minimum absolute atomic E-state index is 0.326. The number of carbonyl (C=O) groups is 2. The number of aromatic nitrogens is 2. The Kier molecular flexibility index (Phi) is 5.84. The van der Waals surface area contributed by atoms with Crippen LogP contribution in [0.2, 0.25) is 0 Å². The zero-order valence-corrected chi connectivity index (χ0v) is 15.9. The molecule has 0 saturated heterocycles. The molecule has 0 aliphatic rings. The van der Waals surface area contributed by atoms with Crippen LogP contribution in [0.4, 0.5) is 5.69 Å². The Bertz CT molecular complexity index is 962. The summed E-state index contributed by atoms with van der Waals surface area (Å²) in [6, 6.07) is 14.1. The zero-order chi connectivity index (χ0) is 20.1. The minimum Gasteiger partial charge on any atom is -0.449 e. The van der Waals surface area contributed by atoms with E-state index in [1.54, 1.807) is 31.2 Å². The average Bonchev–Trinajstić information content (AvgIpc) is 3.15. The maximum atomic E-state index is 12.3. The van der Waals surface area contributed by atoms with Crippen molar-refractivity contribution in [3.63, 3.8) is 0 Å². The van der Waals surface area contributed by atoms with E-state index in [9.17, 15) is 9.59 Å². The molecule has 1 unspecified atom stereocenters. The van der Waals surface area contributed by atoms with Crippen LogP contribution in [0, 0.1) is 6.92 Å². The number of esters is 1. The van der Waals surface area contributed by atoms with Gasteiger partial charge in [0.05, 0.1) is 5.56 Å². The number of benzene rings is 2. The Labute approximate surface area is 162 Å². The van der Waals surface area contributed by atoms with Gasteiger partial charge in [0, 0.05) is 11.3 Å². The molecule has 0 aliphatic heterocycles. The van der Waals surface area contributed by atoms with Gasteiger partial charge in [-0.1, -0.05) is 24.2 Å². The van der Waals surface area contributed by atoms with Crippen molar-refractivity contribution in [1.82, 2.24) is 10.1 Å². The van der Waals surface area contributed by atoms with Gasteiger partial charge in [0.2, 0.25) is 0 Å². The summed E-state index contributed by atoms with van der Waals surface area (Å²) in [7, 11) is 0. The molecule has 3 aromatic rings. The van der Waals surface area contributed by atoms with E-state index in [4.69, 9.17) is 9.26 Å². The fourth-order valence-corrected chi connectivity index (χ4v) is 2.51. The second kappa shape index (κ2) is 8.47. The fraction of sp³-hybridized carbons (Fsp3) is 0.238. The van der Waals surface area contributed by atoms with Crippen molar-refractivity contribution in [3.05, 3.63) is 65.5 Å². The van der Waals surface area contributed by atoms with Gasteiger partial charge in [-0.3, -0.25) is 4.79 Å². The average molecular weight is 379 g/mol. The van der Waals surface area contributed by atoms with E-state index >= 15 is 0 Å². The lowest BCUT2D eigenvalue weighted by Gasteiger charge is -2.14. The summed E-state index contributed by atoms with van der Waals surface area (Å²) in [6.45, 7) is 5.32. The minimum atomic E-state index is -0.934. The van der Waals surface area contributed by atoms with Crippen LogP contribution in [-0.2, 0) is 16.0 Å². The highest BCUT2D eigenvalue weighted by molar-refractivity contribution is 5.97. The van der Waals surface area contributed by atoms with E-state index in [-0.39, 0.29) is 0 Å². The number of hydrogen-bond donors (Lipinski definition) is 1. The van der Waals surface area contributed by atoms with Crippen molar-refractivity contribution in [2.75, 3.05) is 5.32 Å². The molecule has 0 aliphatic carbocycles. The number of aryl methyl sites for hydroxylation is 2. The standard InChI is InChI=1S/C21H21N3O4/c1-4-15-5-11-18(12-6-15)23-19(25)13(2)27-21(26)17-9-7-16(8-10-17)20-22-14(3)24-28-20/h5-13H,4H2,1-3H3,(H,23,25). The summed E-state index contributed by atoms with van der Waals surface area (Å²) in [5.41, 5.74) is 2.85. The third-order valence-electron chi connectivity index (χ3n) is 4.18. The molecule has 7 nitrogen and oxygen atoms in total. The highest BCUT2D eigenvalue weighted by Crippen LogP contribution is 2.18. The van der Waals surface area contributed by atoms with E-state index in [1.807, 2.05) is 24.3 Å². The highest BCUT2D eigenvalue weighted by atomic mass is 16.5. The molecule has 2 aromatic carbocycles. The number of anilines is 1. The molecule has 0 fully saturated rings. The number of amides is 1. The van der Waals surface area contributed by atoms with Crippen molar-refractivity contribution in [3.8, 4) is 11.5 Å². The van der Waals surface area contributed by atoms with E-state index in [2.05, 4.69) is 22.4 Å². The second-order valence-electron chi connectivity index (χ2n) is 6.31. The van der Waals surface area contributed by atoms with Crippen LogP contribution in [-0.4, -0.2) is 28.1 Å². The molecule has 1 aromatic heterocycles. The Morgan fingerprint density at radius 1 is 1.11 bits per heavy atom. The van der Waals surface area contributed by atoms with Crippen LogP contribution in [0.3, 0.4) is 0 Å². The summed E-state index contributed by atoms with van der Waals surface area (Å²) < 4.78 is 10.4. The number of carbonyl (C=O) groups excluding carboxylic acids is 2. The predicted octanol–water partition coefficient (Wildman–Crippen LogP) is 3.79. The van der Waals surface area contributed by atoms with Gasteiger partial charge in [-0.2, -0.15) is 4.98 Å². The topological polar surface area (TPSA) is 94.3 Å². The molecule has 28 heavy (non-hydrogen) atoms. The number of ether oxygens (including phenoxy) is 1. The first-order valence-corrected chi connectivity index (χ1v) is 8.98. The molecular formula is C21H21N3O4. The number of rotatable bonds is 6. The maximum absolute atomic E-state index is 12.3. The molecule has 1 heterocycles. The molecular weight excluding hydrogens is 358 g/mol. The summed E-state index contributed by atoms with van der Waals surface area (Å²) in [6.07, 6.45) is -0.00994. The molecule has 1 atom stereocenters. The lowest BCUT2D eigenvalue weighted by atomic mass is 10.1. The summed E-state index contributed by atoms with van der Waals surface area (Å²) >= 11 is 0. The SMILES string of the molecule is CCc1ccc(NC(=O)C(C)OC(=O)c2ccc(-c3nc(C)no3)cc2)cc1. The van der Waals surface area contributed by atoms with Gasteiger partial charge in [0.25, 0.3) is 11.8 Å². The highest BCUT2D eigenvalue weighted by Gasteiger charge is 2.19. The number of nitrogens with zero attached hydrogens (tertiary/aromatic N) is 2. The van der Waals surface area contributed by atoms with Crippen LogP contribution < -0.4 is 5.32 Å². The zero-order valence-electron chi connectivity index (χ0n) is 15.9. The van der Waals surface area contributed by atoms with Crippen molar-refractivity contribution < 1.29 is 18.8 Å². The van der Waals surface area contributed by atoms with Crippen LogP contribution in [0.25, 0.3) is 11.5 Å². The summed E-state index contributed by atoms with van der Waals surface area (Å²) in [5.74, 6) is -0.0743. The first-order chi connectivity index (χ1) is 13.5. The van der Waals surface area contributed by atoms with Crippen LogP contribution in [0.1, 0.15) is 35.6 Å². The first-order valence-electron chi connectivity index (χ1n) is 8.98. The quantitative estimate of drug-likeness (QED) is 0.655. The van der Waals surface area contributed by atoms with Gasteiger partial charge in [-0.25, -0.2) is 4.79 Å². The number of hydrogen-bond acceptors (Lipinski definition) is 6. The molecule has 0 bridgehead atoms. The molecule has 0 spiro atoms. The van der Waals surface area contributed by atoms with Gasteiger partial charge in [-0.05, 0) is 62.2 Å². The summed E-state index contributed by atoms with van der Waals surface area (Å²) in [5, 5.41) is 6.47. The normalized spacial score (nSPS) is 11.7. The molecule has 0 saturated carbocycles. The molecule has 3 rings (SSSR count). The molecule has 7 heteroatoms. The molecule has 1 N–H and O–H groups in total. The monoisotopic (exact) mass is 379 g/mol. The van der Waals surface area contributed by atoms with Crippen molar-refractivity contribution in [2.24, 2.45) is 0 Å². The Balaban J connectivity index is 1.59. The van der Waals surface area contributed by atoms with Crippen LogP contribution in [0.15, 0.2) is 53.1 Å². The number of nitrogens with one attached hydrogen (secondary N) is 1. The van der Waals surface area contributed by atoms with Gasteiger partial charge in [0.15, 0.2) is 11.9 Å². The smallest absolute Gasteiger partial charge is 0.338 e. The Morgan fingerprint density at radius 2 is 1.79 bits per heavy atom. The van der Waals surface area contributed by atoms with E-state index in [0.717, 1.165) is 6.42 Å². The van der Waals surface area contributed by atoms with E-state index in [0.29, 0.717) is 28.5 Å². The molecule has 0 radical (unpaired) electrons. The van der Waals surface area contributed by atoms with Crippen LogP contribution >= 0.6 is 0 Å². The third-order valence-corrected chi connectivity index (χ3v) is 4.18. The van der Waals surface area contributed by atoms with Gasteiger partial charge < -0.3 is 14.6 Å². The Hall–Kier alpha value is -3.48. The third kappa shape index (κ3) is 4.62. The molecule has 144 valence electrons. The van der Waals surface area contributed by atoms with Crippen LogP contribution in [0.5, 0.6) is 0 Å². The largest absolute Gasteiger partial charge is 0.449 e. The van der Waals surface area contributed by atoms with Crippen molar-refractivity contribution >= 4 is 17.6 Å². The van der Waals surface area contributed by atoms with E-state index in [1.165, 1.54) is 12.5 Å². The maximum Gasteiger partial charge on any atom is 0.338 e. The van der Waals surface area contributed by atoms with Crippen molar-refractivity contribution in [2.45, 2.75) is 33.3 Å². The van der Waals surface area contributed by atoms with E-state index < -0.39 is 18.0 Å². The summed E-state index contributed by atoms with van der Waals surface area (Å²) in [4.78, 5) is 28.7. The predicted molar refractivity (Wildman–Crippen MR) is 104 cm³/mol. The van der Waals surface area contributed by atoms with Gasteiger partial charge in [-0.15, -0.1) is 0 Å². The fourth-order valence-electron chi connectivity index (χ4n) is 2.51. The lowest BCUT2D eigenvalue weighted by molar-refractivity contribution is -0.123.